The zero-order chi connectivity index (χ0) is 21.6. The van der Waals surface area contributed by atoms with Crippen molar-refractivity contribution in [3.05, 3.63) is 59.7 Å². The zero-order valence-electron chi connectivity index (χ0n) is 17.7. The van der Waals surface area contributed by atoms with Crippen LogP contribution in [0, 0.1) is 0 Å². The molecular formula is C23H29N3O4. The van der Waals surface area contributed by atoms with Crippen LogP contribution in [-0.2, 0) is 4.74 Å². The molecule has 2 aromatic rings. The fourth-order valence-electron chi connectivity index (χ4n) is 3.40. The Hall–Kier alpha value is -2.90. The summed E-state index contributed by atoms with van der Waals surface area (Å²) in [5, 5.41) is 5.85. The summed E-state index contributed by atoms with van der Waals surface area (Å²) in [6.07, 6.45) is 0. The molecule has 1 aliphatic heterocycles. The number of anilines is 1. The van der Waals surface area contributed by atoms with E-state index in [1.807, 2.05) is 0 Å². The molecule has 2 aromatic carbocycles. The van der Waals surface area contributed by atoms with E-state index in [0.29, 0.717) is 42.3 Å². The Morgan fingerprint density at radius 2 is 1.70 bits per heavy atom. The Morgan fingerprint density at radius 1 is 1.03 bits per heavy atom. The molecule has 7 nitrogen and oxygen atoms in total. The third-order valence-corrected chi connectivity index (χ3v) is 5.32. The molecule has 1 aliphatic rings. The molecule has 3 rings (SSSR count). The Balaban J connectivity index is 1.66. The molecule has 0 aromatic heterocycles. The fraction of sp³-hybridized carbons (Fsp3) is 0.391. The summed E-state index contributed by atoms with van der Waals surface area (Å²) >= 11 is 0. The van der Waals surface area contributed by atoms with Crippen LogP contribution in [0.25, 0.3) is 0 Å². The lowest BCUT2D eigenvalue weighted by Crippen LogP contribution is -2.55. The van der Waals surface area contributed by atoms with Crippen molar-refractivity contribution in [2.45, 2.75) is 19.4 Å². The van der Waals surface area contributed by atoms with Crippen molar-refractivity contribution in [1.29, 1.82) is 0 Å². The number of hydrogen-bond acceptors (Lipinski definition) is 5. The second-order valence-corrected chi connectivity index (χ2v) is 7.82. The predicted octanol–water partition coefficient (Wildman–Crippen LogP) is 2.79. The number of carbonyl (C=O) groups excluding carboxylic acids is 2. The molecule has 1 saturated heterocycles. The summed E-state index contributed by atoms with van der Waals surface area (Å²) < 4.78 is 10.5. The van der Waals surface area contributed by atoms with Gasteiger partial charge in [0.25, 0.3) is 11.8 Å². The number of morpholine rings is 1. The standard InChI is InChI=1S/C23H29N3O4/c1-23(2,26-12-14-30-15-13-26)16-24-22(28)19-6-4-5-7-20(19)25-21(27)17-8-10-18(29-3)11-9-17/h4-11H,12-16H2,1-3H3,(H,24,28)(H,25,27). The lowest BCUT2D eigenvalue weighted by molar-refractivity contribution is -0.00923. The van der Waals surface area contributed by atoms with E-state index in [1.54, 1.807) is 55.6 Å². The Labute approximate surface area is 177 Å². The molecule has 0 radical (unpaired) electrons. The summed E-state index contributed by atoms with van der Waals surface area (Å²) in [4.78, 5) is 27.8. The highest BCUT2D eigenvalue weighted by atomic mass is 16.5. The van der Waals surface area contributed by atoms with Crippen LogP contribution in [0.15, 0.2) is 48.5 Å². The Kier molecular flexibility index (Phi) is 7.07. The maximum Gasteiger partial charge on any atom is 0.255 e. The van der Waals surface area contributed by atoms with E-state index in [9.17, 15) is 9.59 Å². The maximum absolute atomic E-state index is 12.9. The van der Waals surface area contributed by atoms with Gasteiger partial charge < -0.3 is 20.1 Å². The average Bonchev–Trinajstić information content (AvgIpc) is 2.78. The Bertz CT molecular complexity index is 874. The van der Waals surface area contributed by atoms with Crippen LogP contribution < -0.4 is 15.4 Å². The third-order valence-electron chi connectivity index (χ3n) is 5.32. The summed E-state index contributed by atoms with van der Waals surface area (Å²) in [7, 11) is 1.57. The van der Waals surface area contributed by atoms with Gasteiger partial charge in [0.15, 0.2) is 0 Å². The first-order valence-corrected chi connectivity index (χ1v) is 10.1. The van der Waals surface area contributed by atoms with Crippen LogP contribution in [0.2, 0.25) is 0 Å². The molecule has 0 atom stereocenters. The van der Waals surface area contributed by atoms with Crippen molar-refractivity contribution in [2.75, 3.05) is 45.3 Å². The molecule has 2 N–H and O–H groups in total. The second kappa shape index (κ2) is 9.73. The number of nitrogens with zero attached hydrogens (tertiary/aromatic N) is 1. The van der Waals surface area contributed by atoms with E-state index >= 15 is 0 Å². The minimum absolute atomic E-state index is 0.194. The van der Waals surface area contributed by atoms with Gasteiger partial charge in [0.1, 0.15) is 5.75 Å². The molecule has 0 saturated carbocycles. The quantitative estimate of drug-likeness (QED) is 0.732. The van der Waals surface area contributed by atoms with Crippen LogP contribution in [0.3, 0.4) is 0 Å². The lowest BCUT2D eigenvalue weighted by Gasteiger charge is -2.40. The predicted molar refractivity (Wildman–Crippen MR) is 116 cm³/mol. The molecule has 0 spiro atoms. The summed E-state index contributed by atoms with van der Waals surface area (Å²) in [6.45, 7) is 7.81. The molecule has 0 unspecified atom stereocenters. The molecule has 160 valence electrons. The third kappa shape index (κ3) is 5.37. The van der Waals surface area contributed by atoms with Gasteiger partial charge in [-0.2, -0.15) is 0 Å². The van der Waals surface area contributed by atoms with Gasteiger partial charge in [0, 0.05) is 30.7 Å². The van der Waals surface area contributed by atoms with Crippen molar-refractivity contribution in [2.24, 2.45) is 0 Å². The van der Waals surface area contributed by atoms with Crippen LogP contribution in [-0.4, -0.2) is 62.2 Å². The number of rotatable bonds is 7. The topological polar surface area (TPSA) is 79.9 Å². The van der Waals surface area contributed by atoms with Gasteiger partial charge in [-0.05, 0) is 50.2 Å². The molecular weight excluding hydrogens is 382 g/mol. The second-order valence-electron chi connectivity index (χ2n) is 7.82. The highest BCUT2D eigenvalue weighted by Crippen LogP contribution is 2.19. The SMILES string of the molecule is COc1ccc(C(=O)Nc2ccccc2C(=O)NCC(C)(C)N2CCOCC2)cc1. The molecule has 7 heteroatoms. The van der Waals surface area contributed by atoms with E-state index in [2.05, 4.69) is 29.4 Å². The van der Waals surface area contributed by atoms with E-state index in [1.165, 1.54) is 0 Å². The minimum atomic E-state index is -0.286. The minimum Gasteiger partial charge on any atom is -0.497 e. The normalized spacial score (nSPS) is 14.8. The summed E-state index contributed by atoms with van der Waals surface area (Å²) in [5.41, 5.74) is 1.19. The van der Waals surface area contributed by atoms with Crippen molar-refractivity contribution in [3.8, 4) is 5.75 Å². The zero-order valence-corrected chi connectivity index (χ0v) is 17.7. The van der Waals surface area contributed by atoms with Gasteiger partial charge in [0.05, 0.1) is 31.6 Å². The number of amides is 2. The molecule has 0 bridgehead atoms. The highest BCUT2D eigenvalue weighted by molar-refractivity contribution is 6.09. The van der Waals surface area contributed by atoms with Gasteiger partial charge in [-0.15, -0.1) is 0 Å². The van der Waals surface area contributed by atoms with Crippen LogP contribution in [0.4, 0.5) is 5.69 Å². The van der Waals surface area contributed by atoms with Gasteiger partial charge in [-0.25, -0.2) is 0 Å². The van der Waals surface area contributed by atoms with Gasteiger partial charge in [0.2, 0.25) is 0 Å². The number of ether oxygens (including phenoxy) is 2. The van der Waals surface area contributed by atoms with E-state index in [4.69, 9.17) is 9.47 Å². The van der Waals surface area contributed by atoms with Crippen LogP contribution >= 0.6 is 0 Å². The smallest absolute Gasteiger partial charge is 0.255 e. The van der Waals surface area contributed by atoms with Gasteiger partial charge in [-0.3, -0.25) is 14.5 Å². The first-order valence-electron chi connectivity index (χ1n) is 10.1. The van der Waals surface area contributed by atoms with Crippen LogP contribution in [0.1, 0.15) is 34.6 Å². The largest absolute Gasteiger partial charge is 0.497 e. The first kappa shape index (κ1) is 21.8. The monoisotopic (exact) mass is 411 g/mol. The van der Waals surface area contributed by atoms with Crippen molar-refractivity contribution >= 4 is 17.5 Å². The molecule has 30 heavy (non-hydrogen) atoms. The first-order chi connectivity index (χ1) is 14.4. The number of para-hydroxylation sites is 1. The molecule has 2 amide bonds. The number of methoxy groups -OCH3 is 1. The molecule has 1 heterocycles. The molecule has 0 aliphatic carbocycles. The fourth-order valence-corrected chi connectivity index (χ4v) is 3.40. The van der Waals surface area contributed by atoms with Gasteiger partial charge >= 0.3 is 0 Å². The van der Waals surface area contributed by atoms with E-state index < -0.39 is 0 Å². The highest BCUT2D eigenvalue weighted by Gasteiger charge is 2.29. The summed E-state index contributed by atoms with van der Waals surface area (Å²) in [5.74, 6) is 0.169. The van der Waals surface area contributed by atoms with E-state index in [-0.39, 0.29) is 17.4 Å². The van der Waals surface area contributed by atoms with Gasteiger partial charge in [-0.1, -0.05) is 12.1 Å². The Morgan fingerprint density at radius 3 is 2.37 bits per heavy atom. The van der Waals surface area contributed by atoms with Crippen LogP contribution in [0.5, 0.6) is 5.75 Å². The van der Waals surface area contributed by atoms with E-state index in [0.717, 1.165) is 13.1 Å². The maximum atomic E-state index is 12.9. The molecule has 1 fully saturated rings. The summed E-state index contributed by atoms with van der Waals surface area (Å²) in [6, 6.07) is 13.8. The number of benzene rings is 2. The van der Waals surface area contributed by atoms with Crippen molar-refractivity contribution < 1.29 is 19.1 Å². The van der Waals surface area contributed by atoms with Crippen molar-refractivity contribution in [3.63, 3.8) is 0 Å². The number of nitrogens with one attached hydrogen (secondary N) is 2. The number of carbonyl (C=O) groups is 2. The lowest BCUT2D eigenvalue weighted by atomic mass is 10.0. The number of hydrogen-bond donors (Lipinski definition) is 2. The average molecular weight is 412 g/mol. The van der Waals surface area contributed by atoms with Crippen molar-refractivity contribution in [1.82, 2.24) is 10.2 Å².